The Morgan fingerprint density at radius 2 is 1.68 bits per heavy atom. The van der Waals surface area contributed by atoms with Gasteiger partial charge in [-0.2, -0.15) is 0 Å². The molecule has 25 heavy (non-hydrogen) atoms. The van der Waals surface area contributed by atoms with Crippen LogP contribution in [0.25, 0.3) is 0 Å². The van der Waals surface area contributed by atoms with Crippen LogP contribution >= 0.6 is 0 Å². The fourth-order valence-corrected chi connectivity index (χ4v) is 3.25. The number of nitrogens with one attached hydrogen (secondary N) is 2. The molecule has 2 aromatic rings. The summed E-state index contributed by atoms with van der Waals surface area (Å²) in [6.45, 7) is 0. The predicted molar refractivity (Wildman–Crippen MR) is 98.5 cm³/mol. The molecule has 1 heterocycles. The Balaban J connectivity index is 1.64. The summed E-state index contributed by atoms with van der Waals surface area (Å²) in [4.78, 5) is 28.6. The van der Waals surface area contributed by atoms with Gasteiger partial charge in [-0.1, -0.05) is 31.4 Å². The zero-order chi connectivity index (χ0) is 17.5. The first-order valence-electron chi connectivity index (χ1n) is 8.82. The molecule has 1 aromatic heterocycles. The molecular formula is C20H23N3O2. The molecule has 0 spiro atoms. The van der Waals surface area contributed by atoms with E-state index < -0.39 is 0 Å². The lowest BCUT2D eigenvalue weighted by molar-refractivity contribution is -0.117. The second-order valence-electron chi connectivity index (χ2n) is 6.50. The maximum atomic E-state index is 12.4. The second kappa shape index (κ2) is 8.42. The third kappa shape index (κ3) is 4.89. The minimum absolute atomic E-state index is 0.00924. The molecule has 1 fully saturated rings. The number of rotatable bonds is 5. The largest absolute Gasteiger partial charge is 0.324 e. The van der Waals surface area contributed by atoms with Crippen molar-refractivity contribution in [2.24, 2.45) is 5.92 Å². The second-order valence-corrected chi connectivity index (χ2v) is 6.50. The van der Waals surface area contributed by atoms with Crippen LogP contribution in [0.3, 0.4) is 0 Å². The van der Waals surface area contributed by atoms with Gasteiger partial charge in [0, 0.05) is 18.8 Å². The quantitative estimate of drug-likeness (QED) is 0.857. The summed E-state index contributed by atoms with van der Waals surface area (Å²) in [5.41, 5.74) is 1.69. The maximum Gasteiger partial charge on any atom is 0.257 e. The molecule has 5 heteroatoms. The summed E-state index contributed by atoms with van der Waals surface area (Å²) in [7, 11) is 0. The molecule has 0 radical (unpaired) electrons. The number of para-hydroxylation sites is 2. The Bertz CT molecular complexity index is 725. The van der Waals surface area contributed by atoms with E-state index in [0.717, 1.165) is 12.8 Å². The van der Waals surface area contributed by atoms with Crippen LogP contribution in [-0.2, 0) is 4.79 Å². The summed E-state index contributed by atoms with van der Waals surface area (Å²) >= 11 is 0. The number of carbonyl (C=O) groups is 2. The first-order valence-corrected chi connectivity index (χ1v) is 8.82. The van der Waals surface area contributed by atoms with E-state index in [4.69, 9.17) is 0 Å². The Morgan fingerprint density at radius 3 is 2.36 bits per heavy atom. The van der Waals surface area contributed by atoms with Gasteiger partial charge in [0.1, 0.15) is 0 Å². The van der Waals surface area contributed by atoms with Crippen LogP contribution in [0.5, 0.6) is 0 Å². The lowest BCUT2D eigenvalue weighted by Gasteiger charge is -2.21. The van der Waals surface area contributed by atoms with Crippen molar-refractivity contribution in [3.63, 3.8) is 0 Å². The van der Waals surface area contributed by atoms with E-state index in [1.54, 1.807) is 30.5 Å². The van der Waals surface area contributed by atoms with Crippen LogP contribution in [0.15, 0.2) is 48.8 Å². The summed E-state index contributed by atoms with van der Waals surface area (Å²) in [6.07, 6.45) is 9.66. The molecule has 0 saturated heterocycles. The lowest BCUT2D eigenvalue weighted by Crippen LogP contribution is -2.20. The molecule has 3 rings (SSSR count). The highest BCUT2D eigenvalue weighted by Crippen LogP contribution is 2.27. The van der Waals surface area contributed by atoms with E-state index in [-0.39, 0.29) is 11.8 Å². The summed E-state index contributed by atoms with van der Waals surface area (Å²) < 4.78 is 0. The van der Waals surface area contributed by atoms with Gasteiger partial charge >= 0.3 is 0 Å². The van der Waals surface area contributed by atoms with Gasteiger partial charge in [-0.3, -0.25) is 14.6 Å². The molecule has 0 unspecified atom stereocenters. The van der Waals surface area contributed by atoms with Crippen molar-refractivity contribution in [2.75, 3.05) is 10.6 Å². The zero-order valence-electron chi connectivity index (χ0n) is 14.2. The Hall–Kier alpha value is -2.69. The molecule has 0 bridgehead atoms. The Labute approximate surface area is 147 Å². The topological polar surface area (TPSA) is 71.1 Å². The maximum absolute atomic E-state index is 12.4. The van der Waals surface area contributed by atoms with E-state index in [9.17, 15) is 9.59 Å². The van der Waals surface area contributed by atoms with Crippen LogP contribution < -0.4 is 10.6 Å². The summed E-state index contributed by atoms with van der Waals surface area (Å²) in [6, 6.07) is 10.7. The van der Waals surface area contributed by atoms with Crippen molar-refractivity contribution >= 4 is 23.2 Å². The highest BCUT2D eigenvalue weighted by Gasteiger charge is 2.18. The number of nitrogens with zero attached hydrogens (tertiary/aromatic N) is 1. The van der Waals surface area contributed by atoms with Crippen LogP contribution in [0, 0.1) is 5.92 Å². The fraction of sp³-hybridized carbons (Fsp3) is 0.350. The number of hydrogen-bond acceptors (Lipinski definition) is 3. The van der Waals surface area contributed by atoms with Gasteiger partial charge in [-0.05, 0) is 43.0 Å². The van der Waals surface area contributed by atoms with Crippen LogP contribution in [0.1, 0.15) is 48.9 Å². The van der Waals surface area contributed by atoms with Crippen molar-refractivity contribution in [3.8, 4) is 0 Å². The van der Waals surface area contributed by atoms with E-state index in [1.807, 2.05) is 12.1 Å². The van der Waals surface area contributed by atoms with Crippen LogP contribution in [0.2, 0.25) is 0 Å². The van der Waals surface area contributed by atoms with Crippen LogP contribution in [0.4, 0.5) is 11.4 Å². The average molecular weight is 337 g/mol. The van der Waals surface area contributed by atoms with Crippen molar-refractivity contribution in [3.05, 3.63) is 54.4 Å². The molecule has 1 saturated carbocycles. The minimum Gasteiger partial charge on any atom is -0.324 e. The van der Waals surface area contributed by atoms with Gasteiger partial charge in [0.2, 0.25) is 5.91 Å². The van der Waals surface area contributed by atoms with Gasteiger partial charge in [0.15, 0.2) is 0 Å². The van der Waals surface area contributed by atoms with Gasteiger partial charge in [-0.15, -0.1) is 0 Å². The SMILES string of the molecule is O=C(CC1CCCCC1)Nc1ccccc1NC(=O)c1cccnc1. The molecule has 1 aromatic carbocycles. The highest BCUT2D eigenvalue weighted by molar-refractivity contribution is 6.07. The first-order chi connectivity index (χ1) is 12.2. The number of pyridine rings is 1. The minimum atomic E-state index is -0.248. The first kappa shape index (κ1) is 17.1. The number of hydrogen-bond donors (Lipinski definition) is 2. The Kier molecular flexibility index (Phi) is 5.77. The number of benzene rings is 1. The molecule has 0 aliphatic heterocycles. The lowest BCUT2D eigenvalue weighted by atomic mass is 9.87. The molecule has 2 amide bonds. The number of anilines is 2. The fourth-order valence-electron chi connectivity index (χ4n) is 3.25. The zero-order valence-corrected chi connectivity index (χ0v) is 14.2. The molecule has 2 N–H and O–H groups in total. The third-order valence-corrected chi connectivity index (χ3v) is 4.57. The highest BCUT2D eigenvalue weighted by atomic mass is 16.2. The molecule has 5 nitrogen and oxygen atoms in total. The van der Waals surface area contributed by atoms with Gasteiger partial charge < -0.3 is 10.6 Å². The summed E-state index contributed by atoms with van der Waals surface area (Å²) in [5, 5.41) is 5.79. The van der Waals surface area contributed by atoms with Crippen molar-refractivity contribution < 1.29 is 9.59 Å². The van der Waals surface area contributed by atoms with Crippen LogP contribution in [-0.4, -0.2) is 16.8 Å². The third-order valence-electron chi connectivity index (χ3n) is 4.57. The van der Waals surface area contributed by atoms with Gasteiger partial charge in [0.05, 0.1) is 16.9 Å². The monoisotopic (exact) mass is 337 g/mol. The molecule has 0 atom stereocenters. The van der Waals surface area contributed by atoms with E-state index in [1.165, 1.54) is 25.5 Å². The number of amides is 2. The molecule has 1 aliphatic rings. The van der Waals surface area contributed by atoms with E-state index >= 15 is 0 Å². The molecular weight excluding hydrogens is 314 g/mol. The van der Waals surface area contributed by atoms with Gasteiger partial charge in [-0.25, -0.2) is 0 Å². The van der Waals surface area contributed by atoms with Gasteiger partial charge in [0.25, 0.3) is 5.91 Å². The van der Waals surface area contributed by atoms with Crippen molar-refractivity contribution in [1.29, 1.82) is 0 Å². The van der Waals surface area contributed by atoms with Crippen molar-refractivity contribution in [1.82, 2.24) is 4.98 Å². The standard InChI is InChI=1S/C20H23N3O2/c24-19(13-15-7-2-1-3-8-15)22-17-10-4-5-11-18(17)23-20(25)16-9-6-12-21-14-16/h4-6,9-12,14-15H,1-3,7-8,13H2,(H,22,24)(H,23,25). The summed E-state index contributed by atoms with van der Waals surface area (Å²) in [5.74, 6) is 0.239. The van der Waals surface area contributed by atoms with E-state index in [0.29, 0.717) is 29.3 Å². The average Bonchev–Trinajstić information content (AvgIpc) is 2.65. The normalized spacial score (nSPS) is 14.7. The number of carbonyl (C=O) groups excluding carboxylic acids is 2. The smallest absolute Gasteiger partial charge is 0.257 e. The van der Waals surface area contributed by atoms with Crippen molar-refractivity contribution in [2.45, 2.75) is 38.5 Å². The Morgan fingerprint density at radius 1 is 0.960 bits per heavy atom. The predicted octanol–water partition coefficient (Wildman–Crippen LogP) is 4.24. The molecule has 1 aliphatic carbocycles. The number of aromatic nitrogens is 1. The molecule has 130 valence electrons. The van der Waals surface area contributed by atoms with E-state index in [2.05, 4.69) is 15.6 Å².